The number of benzene rings is 2. The molecule has 0 radical (unpaired) electrons. The Morgan fingerprint density at radius 1 is 0.929 bits per heavy atom. The smallest absolute Gasteiger partial charge is 0.279 e. The van der Waals surface area contributed by atoms with Gasteiger partial charge in [0.25, 0.3) is 11.8 Å². The topological polar surface area (TPSA) is 76.7 Å². The van der Waals surface area contributed by atoms with E-state index >= 15 is 0 Å². The molecule has 0 aliphatic rings. The Hall–Kier alpha value is -3.02. The molecule has 0 bridgehead atoms. The second-order valence-electron chi connectivity index (χ2n) is 6.81. The molecule has 2 N–H and O–H groups in total. The van der Waals surface area contributed by atoms with E-state index in [4.69, 9.17) is 9.47 Å². The Morgan fingerprint density at radius 2 is 1.64 bits per heavy atom. The van der Waals surface area contributed by atoms with E-state index in [1.807, 2.05) is 45.9 Å². The van der Waals surface area contributed by atoms with E-state index in [0.717, 1.165) is 17.5 Å². The number of hydrazine groups is 1. The Kier molecular flexibility index (Phi) is 7.44. The maximum atomic E-state index is 12.3. The zero-order valence-corrected chi connectivity index (χ0v) is 17.0. The lowest BCUT2D eigenvalue weighted by Gasteiger charge is -2.16. The van der Waals surface area contributed by atoms with Gasteiger partial charge < -0.3 is 9.47 Å². The summed E-state index contributed by atoms with van der Waals surface area (Å²) >= 11 is 0. The SMILES string of the molecule is CCC(C)Oc1cccc(C(=O)NNC(=O)C(C)Oc2ccc(C)c(C)c2)c1. The number of amides is 2. The second-order valence-corrected chi connectivity index (χ2v) is 6.81. The first-order valence-electron chi connectivity index (χ1n) is 9.41. The van der Waals surface area contributed by atoms with Crippen molar-refractivity contribution in [2.24, 2.45) is 0 Å². The van der Waals surface area contributed by atoms with Gasteiger partial charge in [-0.15, -0.1) is 0 Å². The maximum Gasteiger partial charge on any atom is 0.279 e. The van der Waals surface area contributed by atoms with Crippen LogP contribution in [0.4, 0.5) is 0 Å². The van der Waals surface area contributed by atoms with Crippen molar-refractivity contribution in [3.05, 3.63) is 59.2 Å². The van der Waals surface area contributed by atoms with Crippen LogP contribution in [0.5, 0.6) is 11.5 Å². The van der Waals surface area contributed by atoms with Gasteiger partial charge in [-0.25, -0.2) is 0 Å². The van der Waals surface area contributed by atoms with E-state index in [2.05, 4.69) is 10.9 Å². The maximum absolute atomic E-state index is 12.3. The van der Waals surface area contributed by atoms with Crippen LogP contribution < -0.4 is 20.3 Å². The molecule has 150 valence electrons. The highest BCUT2D eigenvalue weighted by molar-refractivity contribution is 5.96. The lowest BCUT2D eigenvalue weighted by molar-refractivity contribution is -0.128. The van der Waals surface area contributed by atoms with Crippen molar-refractivity contribution in [2.75, 3.05) is 0 Å². The van der Waals surface area contributed by atoms with E-state index in [-0.39, 0.29) is 6.10 Å². The van der Waals surface area contributed by atoms with Crippen LogP contribution >= 0.6 is 0 Å². The van der Waals surface area contributed by atoms with Gasteiger partial charge in [-0.1, -0.05) is 19.1 Å². The predicted molar refractivity (Wildman–Crippen MR) is 108 cm³/mol. The van der Waals surface area contributed by atoms with Crippen molar-refractivity contribution in [3.63, 3.8) is 0 Å². The van der Waals surface area contributed by atoms with Crippen LogP contribution in [0.1, 0.15) is 48.7 Å². The molecule has 2 unspecified atom stereocenters. The molecule has 0 aliphatic carbocycles. The number of aryl methyl sites for hydroxylation is 2. The molecule has 6 nitrogen and oxygen atoms in total. The fourth-order valence-corrected chi connectivity index (χ4v) is 2.36. The van der Waals surface area contributed by atoms with Crippen molar-refractivity contribution < 1.29 is 19.1 Å². The fourth-order valence-electron chi connectivity index (χ4n) is 2.36. The van der Waals surface area contributed by atoms with Crippen LogP contribution in [0.25, 0.3) is 0 Å². The van der Waals surface area contributed by atoms with Gasteiger partial charge in [-0.2, -0.15) is 0 Å². The van der Waals surface area contributed by atoms with Crippen LogP contribution in [0.3, 0.4) is 0 Å². The van der Waals surface area contributed by atoms with Crippen molar-refractivity contribution >= 4 is 11.8 Å². The summed E-state index contributed by atoms with van der Waals surface area (Å²) in [4.78, 5) is 24.5. The second kappa shape index (κ2) is 9.78. The fraction of sp³-hybridized carbons (Fsp3) is 0.364. The van der Waals surface area contributed by atoms with E-state index in [1.165, 1.54) is 0 Å². The summed E-state index contributed by atoms with van der Waals surface area (Å²) in [7, 11) is 0. The molecule has 0 saturated heterocycles. The quantitative estimate of drug-likeness (QED) is 0.714. The molecule has 0 aromatic heterocycles. The van der Waals surface area contributed by atoms with E-state index < -0.39 is 17.9 Å². The van der Waals surface area contributed by atoms with Gasteiger partial charge in [0.2, 0.25) is 0 Å². The Morgan fingerprint density at radius 3 is 2.32 bits per heavy atom. The molecule has 6 heteroatoms. The summed E-state index contributed by atoms with van der Waals surface area (Å²) in [6.45, 7) is 9.60. The van der Waals surface area contributed by atoms with Gasteiger partial charge in [0, 0.05) is 5.56 Å². The number of hydrogen-bond acceptors (Lipinski definition) is 4. The molecule has 2 amide bonds. The van der Waals surface area contributed by atoms with Crippen molar-refractivity contribution in [2.45, 2.75) is 53.2 Å². The van der Waals surface area contributed by atoms with Crippen LogP contribution in [-0.4, -0.2) is 24.0 Å². The Bertz CT molecular complexity index is 835. The molecule has 2 atom stereocenters. The zero-order chi connectivity index (χ0) is 20.7. The lowest BCUT2D eigenvalue weighted by Crippen LogP contribution is -2.47. The number of ether oxygens (including phenoxy) is 2. The van der Waals surface area contributed by atoms with Crippen molar-refractivity contribution in [1.82, 2.24) is 10.9 Å². The molecular formula is C22H28N2O4. The minimum Gasteiger partial charge on any atom is -0.491 e. The lowest BCUT2D eigenvalue weighted by atomic mass is 10.1. The van der Waals surface area contributed by atoms with Crippen molar-refractivity contribution in [1.29, 1.82) is 0 Å². The highest BCUT2D eigenvalue weighted by Crippen LogP contribution is 2.18. The standard InChI is InChI=1S/C22H28N2O4/c1-6-16(4)27-19-9-7-8-18(13-19)22(26)24-23-21(25)17(5)28-20-11-10-14(2)15(3)12-20/h7-13,16-17H,6H2,1-5H3,(H,23,25)(H,24,26). The first-order chi connectivity index (χ1) is 13.3. The third-order valence-corrected chi connectivity index (χ3v) is 4.47. The normalized spacial score (nSPS) is 12.6. The predicted octanol–water partition coefficient (Wildman–Crippen LogP) is 3.71. The summed E-state index contributed by atoms with van der Waals surface area (Å²) in [5.74, 6) is 0.339. The molecule has 2 aromatic rings. The van der Waals surface area contributed by atoms with Gasteiger partial charge in [-0.3, -0.25) is 20.4 Å². The van der Waals surface area contributed by atoms with E-state index in [0.29, 0.717) is 17.1 Å². The average Bonchev–Trinajstić information content (AvgIpc) is 2.68. The monoisotopic (exact) mass is 384 g/mol. The minimum absolute atomic E-state index is 0.0569. The molecule has 28 heavy (non-hydrogen) atoms. The molecule has 0 heterocycles. The third-order valence-electron chi connectivity index (χ3n) is 4.47. The number of nitrogens with one attached hydrogen (secondary N) is 2. The summed E-state index contributed by atoms with van der Waals surface area (Å²) in [6, 6.07) is 12.4. The van der Waals surface area contributed by atoms with Gasteiger partial charge in [0.05, 0.1) is 6.10 Å². The van der Waals surface area contributed by atoms with Gasteiger partial charge in [0.1, 0.15) is 11.5 Å². The number of carbonyl (C=O) groups is 2. The summed E-state index contributed by atoms with van der Waals surface area (Å²) in [5.41, 5.74) is 7.42. The minimum atomic E-state index is -0.762. The Balaban J connectivity index is 1.90. The van der Waals surface area contributed by atoms with Gasteiger partial charge in [-0.05, 0) is 75.6 Å². The molecule has 2 aromatic carbocycles. The highest BCUT2D eigenvalue weighted by atomic mass is 16.5. The average molecular weight is 384 g/mol. The first kappa shape index (κ1) is 21.3. The van der Waals surface area contributed by atoms with E-state index in [1.54, 1.807) is 31.2 Å². The molecule has 0 fully saturated rings. The highest BCUT2D eigenvalue weighted by Gasteiger charge is 2.16. The molecule has 0 saturated carbocycles. The summed E-state index contributed by atoms with van der Waals surface area (Å²) in [6.07, 6.45) is 0.161. The first-order valence-corrected chi connectivity index (χ1v) is 9.41. The van der Waals surface area contributed by atoms with Crippen LogP contribution in [0.2, 0.25) is 0 Å². The van der Waals surface area contributed by atoms with Crippen LogP contribution in [0.15, 0.2) is 42.5 Å². The molecule has 0 aliphatic heterocycles. The molecular weight excluding hydrogens is 356 g/mol. The van der Waals surface area contributed by atoms with E-state index in [9.17, 15) is 9.59 Å². The van der Waals surface area contributed by atoms with Crippen LogP contribution in [0, 0.1) is 13.8 Å². The molecule has 0 spiro atoms. The van der Waals surface area contributed by atoms with Gasteiger partial charge in [0.15, 0.2) is 6.10 Å². The number of carbonyl (C=O) groups excluding carboxylic acids is 2. The number of rotatable bonds is 7. The van der Waals surface area contributed by atoms with Crippen LogP contribution in [-0.2, 0) is 4.79 Å². The molecule has 2 rings (SSSR count). The zero-order valence-electron chi connectivity index (χ0n) is 17.0. The van der Waals surface area contributed by atoms with Gasteiger partial charge >= 0.3 is 0 Å². The third kappa shape index (κ3) is 6.01. The number of hydrogen-bond donors (Lipinski definition) is 2. The largest absolute Gasteiger partial charge is 0.491 e. The van der Waals surface area contributed by atoms with Crippen molar-refractivity contribution in [3.8, 4) is 11.5 Å². The summed E-state index contributed by atoms with van der Waals surface area (Å²) < 4.78 is 11.4. The summed E-state index contributed by atoms with van der Waals surface area (Å²) in [5, 5.41) is 0. The Labute approximate surface area is 166 Å².